The van der Waals surface area contributed by atoms with Gasteiger partial charge in [-0.05, 0) is 41.8 Å². The van der Waals surface area contributed by atoms with Crippen molar-refractivity contribution < 1.29 is 4.74 Å². The maximum atomic E-state index is 5.57. The average molecular weight is 399 g/mol. The summed E-state index contributed by atoms with van der Waals surface area (Å²) in [7, 11) is 1.75. The number of tetrazole rings is 1. The predicted molar refractivity (Wildman–Crippen MR) is 114 cm³/mol. The molecule has 29 heavy (non-hydrogen) atoms. The Balaban J connectivity index is 1.48. The van der Waals surface area contributed by atoms with E-state index < -0.39 is 0 Å². The van der Waals surface area contributed by atoms with Crippen molar-refractivity contribution in [1.29, 1.82) is 0 Å². The SMILES string of the molecule is CCCC(c1nnnn1C1CCCCC1)N1CCN(c2ccccc2OC)CC1. The number of anilines is 1. The van der Waals surface area contributed by atoms with Gasteiger partial charge in [-0.3, -0.25) is 4.90 Å². The molecule has 2 aliphatic rings. The van der Waals surface area contributed by atoms with Crippen LogP contribution in [0.1, 0.15) is 69.8 Å². The standard InChI is InChI=1S/C22H34N6O/c1-3-9-20(22-23-24-25-28(22)18-10-5-4-6-11-18)27-16-14-26(15-17-27)19-12-7-8-13-21(19)29-2/h7-8,12-13,18,20H,3-6,9-11,14-17H2,1-2H3. The topological polar surface area (TPSA) is 59.3 Å². The van der Waals surface area contributed by atoms with E-state index in [1.54, 1.807) is 7.11 Å². The summed E-state index contributed by atoms with van der Waals surface area (Å²) in [5.74, 6) is 2.02. The van der Waals surface area contributed by atoms with Crippen LogP contribution in [-0.4, -0.2) is 58.4 Å². The molecule has 2 aromatic rings. The van der Waals surface area contributed by atoms with E-state index >= 15 is 0 Å². The zero-order valence-corrected chi connectivity index (χ0v) is 17.8. The molecule has 7 heteroatoms. The summed E-state index contributed by atoms with van der Waals surface area (Å²) in [5, 5.41) is 13.0. The minimum Gasteiger partial charge on any atom is -0.495 e. The van der Waals surface area contributed by atoms with Crippen LogP contribution in [0.3, 0.4) is 0 Å². The lowest BCUT2D eigenvalue weighted by Gasteiger charge is -2.40. The maximum absolute atomic E-state index is 5.57. The first kappa shape index (κ1) is 20.1. The molecule has 1 aliphatic heterocycles. The Morgan fingerprint density at radius 3 is 2.55 bits per heavy atom. The second-order valence-corrected chi connectivity index (χ2v) is 8.27. The molecule has 4 rings (SSSR count). The third-order valence-corrected chi connectivity index (χ3v) is 6.48. The van der Waals surface area contributed by atoms with Crippen molar-refractivity contribution in [3.63, 3.8) is 0 Å². The highest BCUT2D eigenvalue weighted by molar-refractivity contribution is 5.58. The Morgan fingerprint density at radius 1 is 1.07 bits per heavy atom. The Hall–Kier alpha value is -2.15. The van der Waals surface area contributed by atoms with E-state index in [9.17, 15) is 0 Å². The highest BCUT2D eigenvalue weighted by atomic mass is 16.5. The van der Waals surface area contributed by atoms with E-state index in [-0.39, 0.29) is 0 Å². The van der Waals surface area contributed by atoms with Crippen LogP contribution >= 0.6 is 0 Å². The summed E-state index contributed by atoms with van der Waals surface area (Å²) in [5.41, 5.74) is 1.19. The summed E-state index contributed by atoms with van der Waals surface area (Å²) >= 11 is 0. The molecule has 0 amide bonds. The summed E-state index contributed by atoms with van der Waals surface area (Å²) in [4.78, 5) is 5.02. The molecule has 1 aromatic heterocycles. The number of nitrogens with zero attached hydrogens (tertiary/aromatic N) is 6. The number of methoxy groups -OCH3 is 1. The van der Waals surface area contributed by atoms with Crippen LogP contribution in [0.25, 0.3) is 0 Å². The van der Waals surface area contributed by atoms with E-state index in [0.717, 1.165) is 50.6 Å². The van der Waals surface area contributed by atoms with Crippen molar-refractivity contribution in [2.45, 2.75) is 64.0 Å². The molecule has 7 nitrogen and oxygen atoms in total. The predicted octanol–water partition coefficient (Wildman–Crippen LogP) is 3.85. The van der Waals surface area contributed by atoms with Gasteiger partial charge in [0.25, 0.3) is 0 Å². The zero-order chi connectivity index (χ0) is 20.1. The molecule has 1 saturated carbocycles. The molecule has 0 radical (unpaired) electrons. The third-order valence-electron chi connectivity index (χ3n) is 6.48. The van der Waals surface area contributed by atoms with Crippen LogP contribution < -0.4 is 9.64 Å². The van der Waals surface area contributed by atoms with Crippen LogP contribution in [0.15, 0.2) is 24.3 Å². The minimum atomic E-state index is 0.303. The van der Waals surface area contributed by atoms with Gasteiger partial charge in [-0.15, -0.1) is 5.10 Å². The lowest BCUT2D eigenvalue weighted by molar-refractivity contribution is 0.158. The molecule has 1 aliphatic carbocycles. The van der Waals surface area contributed by atoms with Gasteiger partial charge in [-0.1, -0.05) is 44.7 Å². The van der Waals surface area contributed by atoms with Crippen LogP contribution in [-0.2, 0) is 0 Å². The number of hydrogen-bond acceptors (Lipinski definition) is 6. The normalized spacial score (nSPS) is 20.0. The maximum Gasteiger partial charge on any atom is 0.168 e. The van der Waals surface area contributed by atoms with Crippen LogP contribution in [0.4, 0.5) is 5.69 Å². The van der Waals surface area contributed by atoms with Crippen molar-refractivity contribution in [1.82, 2.24) is 25.1 Å². The first-order valence-electron chi connectivity index (χ1n) is 11.2. The largest absolute Gasteiger partial charge is 0.495 e. The summed E-state index contributed by atoms with van der Waals surface area (Å²) in [6.45, 7) is 6.27. The number of ether oxygens (including phenoxy) is 1. The highest BCUT2D eigenvalue weighted by Gasteiger charge is 2.31. The fourth-order valence-electron chi connectivity index (χ4n) is 4.92. The molecule has 2 fully saturated rings. The molecule has 0 spiro atoms. The van der Waals surface area contributed by atoms with Crippen molar-refractivity contribution >= 4 is 5.69 Å². The number of rotatable bonds is 7. The second kappa shape index (κ2) is 9.57. The van der Waals surface area contributed by atoms with Gasteiger partial charge in [-0.2, -0.15) is 0 Å². The first-order valence-corrected chi connectivity index (χ1v) is 11.2. The molecule has 2 heterocycles. The number of aromatic nitrogens is 4. The minimum absolute atomic E-state index is 0.303. The Morgan fingerprint density at radius 2 is 1.83 bits per heavy atom. The van der Waals surface area contributed by atoms with Gasteiger partial charge in [0.15, 0.2) is 5.82 Å². The van der Waals surface area contributed by atoms with E-state index in [4.69, 9.17) is 4.74 Å². The van der Waals surface area contributed by atoms with Crippen molar-refractivity contribution in [2.24, 2.45) is 0 Å². The van der Waals surface area contributed by atoms with Gasteiger partial charge in [0.2, 0.25) is 0 Å². The van der Waals surface area contributed by atoms with Gasteiger partial charge >= 0.3 is 0 Å². The molecule has 1 atom stereocenters. The lowest BCUT2D eigenvalue weighted by atomic mass is 9.95. The van der Waals surface area contributed by atoms with Crippen LogP contribution in [0.2, 0.25) is 0 Å². The summed E-state index contributed by atoms with van der Waals surface area (Å²) in [6.07, 6.45) is 8.57. The Bertz CT molecular complexity index is 764. The highest BCUT2D eigenvalue weighted by Crippen LogP contribution is 2.34. The van der Waals surface area contributed by atoms with Gasteiger partial charge in [0, 0.05) is 26.2 Å². The number of piperazine rings is 1. The smallest absolute Gasteiger partial charge is 0.168 e. The monoisotopic (exact) mass is 398 g/mol. The molecule has 1 aromatic carbocycles. The van der Waals surface area contributed by atoms with Crippen molar-refractivity contribution in [3.8, 4) is 5.75 Å². The fourth-order valence-corrected chi connectivity index (χ4v) is 4.92. The van der Waals surface area contributed by atoms with E-state index in [1.165, 1.54) is 37.8 Å². The quantitative estimate of drug-likeness (QED) is 0.706. The van der Waals surface area contributed by atoms with E-state index in [0.29, 0.717) is 12.1 Å². The van der Waals surface area contributed by atoms with E-state index in [2.05, 4.69) is 49.1 Å². The third kappa shape index (κ3) is 4.39. The van der Waals surface area contributed by atoms with Gasteiger partial charge in [-0.25, -0.2) is 4.68 Å². The first-order chi connectivity index (χ1) is 14.3. The Labute approximate surface area is 174 Å². The van der Waals surface area contributed by atoms with Gasteiger partial charge < -0.3 is 9.64 Å². The molecular weight excluding hydrogens is 364 g/mol. The molecule has 158 valence electrons. The van der Waals surface area contributed by atoms with Crippen molar-refractivity contribution in [3.05, 3.63) is 30.1 Å². The van der Waals surface area contributed by atoms with Crippen LogP contribution in [0, 0.1) is 0 Å². The molecule has 1 unspecified atom stereocenters. The number of benzene rings is 1. The number of hydrogen-bond donors (Lipinski definition) is 0. The van der Waals surface area contributed by atoms with E-state index in [1.807, 2.05) is 12.1 Å². The molecule has 0 bridgehead atoms. The average Bonchev–Trinajstić information content (AvgIpc) is 3.28. The summed E-state index contributed by atoms with van der Waals surface area (Å²) < 4.78 is 7.73. The summed E-state index contributed by atoms with van der Waals surface area (Å²) in [6, 6.07) is 9.09. The zero-order valence-electron chi connectivity index (χ0n) is 17.8. The Kier molecular flexibility index (Phi) is 6.64. The van der Waals surface area contributed by atoms with Crippen molar-refractivity contribution in [2.75, 3.05) is 38.2 Å². The van der Waals surface area contributed by atoms with Gasteiger partial charge in [0.05, 0.1) is 24.9 Å². The number of para-hydroxylation sites is 2. The molecule has 0 N–H and O–H groups in total. The second-order valence-electron chi connectivity index (χ2n) is 8.27. The molecular formula is C22H34N6O. The lowest BCUT2D eigenvalue weighted by Crippen LogP contribution is -2.48. The van der Waals surface area contributed by atoms with Gasteiger partial charge in [0.1, 0.15) is 5.75 Å². The van der Waals surface area contributed by atoms with Crippen LogP contribution in [0.5, 0.6) is 5.75 Å². The fraction of sp³-hybridized carbons (Fsp3) is 0.682. The molecule has 1 saturated heterocycles.